The first-order chi connectivity index (χ1) is 12.7. The van der Waals surface area contributed by atoms with Gasteiger partial charge in [-0.15, -0.1) is 0 Å². The van der Waals surface area contributed by atoms with Crippen LogP contribution in [-0.2, 0) is 14.8 Å². The number of rotatable bonds is 7. The molecule has 0 aliphatic carbocycles. The summed E-state index contributed by atoms with van der Waals surface area (Å²) in [6, 6.07) is 10.9. The number of ether oxygens (including phenoxy) is 1. The quantitative estimate of drug-likeness (QED) is 0.586. The second kappa shape index (κ2) is 8.98. The van der Waals surface area contributed by atoms with Crippen LogP contribution in [0, 0.1) is 0 Å². The Hall–Kier alpha value is -2.43. The summed E-state index contributed by atoms with van der Waals surface area (Å²) in [4.78, 5) is 23.7. The van der Waals surface area contributed by atoms with Gasteiger partial charge in [0, 0.05) is 28.7 Å². The zero-order valence-corrected chi connectivity index (χ0v) is 16.8. The van der Waals surface area contributed by atoms with Gasteiger partial charge in [0.1, 0.15) is 10.6 Å². The third-order valence-electron chi connectivity index (χ3n) is 3.50. The molecule has 0 radical (unpaired) electrons. The van der Waals surface area contributed by atoms with Crippen molar-refractivity contribution in [1.82, 2.24) is 5.32 Å². The molecule has 0 aliphatic heterocycles. The SMILES string of the molecule is COc1ccc(NC(=O)CCNC(=O)c2ccc(Br)cc2)cc1S(N)(=O)=O. The van der Waals surface area contributed by atoms with Gasteiger partial charge in [-0.25, -0.2) is 13.6 Å². The van der Waals surface area contributed by atoms with E-state index in [-0.39, 0.29) is 35.2 Å². The number of primary sulfonamides is 1. The Morgan fingerprint density at radius 1 is 1.15 bits per heavy atom. The van der Waals surface area contributed by atoms with Crippen LogP contribution in [0.25, 0.3) is 0 Å². The number of nitrogens with one attached hydrogen (secondary N) is 2. The molecule has 144 valence electrons. The van der Waals surface area contributed by atoms with Gasteiger partial charge in [-0.05, 0) is 42.5 Å². The number of sulfonamides is 1. The average molecular weight is 456 g/mol. The first-order valence-electron chi connectivity index (χ1n) is 7.75. The van der Waals surface area contributed by atoms with Gasteiger partial charge < -0.3 is 15.4 Å². The molecule has 0 saturated heterocycles. The standard InChI is InChI=1S/C17H18BrN3O5S/c1-26-14-7-6-13(10-15(14)27(19,24)25)21-16(22)8-9-20-17(23)11-2-4-12(18)5-3-11/h2-7,10H,8-9H2,1H3,(H,20,23)(H,21,22)(H2,19,24,25). The molecule has 0 aromatic heterocycles. The Kier molecular flexibility index (Phi) is 6.94. The van der Waals surface area contributed by atoms with Gasteiger partial charge >= 0.3 is 0 Å². The van der Waals surface area contributed by atoms with Crippen LogP contribution >= 0.6 is 15.9 Å². The van der Waals surface area contributed by atoms with Gasteiger partial charge in [0.2, 0.25) is 15.9 Å². The van der Waals surface area contributed by atoms with Crippen LogP contribution in [0.1, 0.15) is 16.8 Å². The highest BCUT2D eigenvalue weighted by Gasteiger charge is 2.16. The van der Waals surface area contributed by atoms with Gasteiger partial charge in [0.15, 0.2) is 0 Å². The third kappa shape index (κ3) is 6.05. The lowest BCUT2D eigenvalue weighted by Gasteiger charge is -2.10. The highest BCUT2D eigenvalue weighted by molar-refractivity contribution is 9.10. The predicted octanol–water partition coefficient (Wildman–Crippen LogP) is 1.86. The van der Waals surface area contributed by atoms with Gasteiger partial charge in [0.05, 0.1) is 7.11 Å². The van der Waals surface area contributed by atoms with Gasteiger partial charge in [-0.2, -0.15) is 0 Å². The van der Waals surface area contributed by atoms with Gasteiger partial charge in [0.25, 0.3) is 5.91 Å². The second-order valence-corrected chi connectivity index (χ2v) is 7.92. The Labute approximate surface area is 165 Å². The van der Waals surface area contributed by atoms with Gasteiger partial charge in [-0.1, -0.05) is 15.9 Å². The molecular weight excluding hydrogens is 438 g/mol. The third-order valence-corrected chi connectivity index (χ3v) is 4.96. The van der Waals surface area contributed by atoms with E-state index in [2.05, 4.69) is 26.6 Å². The Morgan fingerprint density at radius 2 is 1.81 bits per heavy atom. The summed E-state index contributed by atoms with van der Waals surface area (Å²) in [5.41, 5.74) is 0.732. The number of carbonyl (C=O) groups is 2. The smallest absolute Gasteiger partial charge is 0.251 e. The Balaban J connectivity index is 1.92. The maximum Gasteiger partial charge on any atom is 0.251 e. The van der Waals surface area contributed by atoms with Crippen LogP contribution in [0.15, 0.2) is 51.8 Å². The van der Waals surface area contributed by atoms with Crippen molar-refractivity contribution in [3.05, 3.63) is 52.5 Å². The van der Waals surface area contributed by atoms with E-state index >= 15 is 0 Å². The molecule has 0 bridgehead atoms. The maximum atomic E-state index is 12.0. The summed E-state index contributed by atoms with van der Waals surface area (Å²) in [7, 11) is -2.69. The number of carbonyl (C=O) groups excluding carboxylic acids is 2. The van der Waals surface area contributed by atoms with Crippen molar-refractivity contribution >= 4 is 43.5 Å². The minimum atomic E-state index is -4.00. The zero-order chi connectivity index (χ0) is 20.0. The summed E-state index contributed by atoms with van der Waals surface area (Å²) in [5, 5.41) is 10.3. The maximum absolute atomic E-state index is 12.0. The number of halogens is 1. The monoisotopic (exact) mass is 455 g/mol. The lowest BCUT2D eigenvalue weighted by atomic mass is 10.2. The van der Waals surface area contributed by atoms with Crippen molar-refractivity contribution < 1.29 is 22.7 Å². The van der Waals surface area contributed by atoms with Gasteiger partial charge in [-0.3, -0.25) is 9.59 Å². The summed E-state index contributed by atoms with van der Waals surface area (Å²) < 4.78 is 29.0. The van der Waals surface area contributed by atoms with Crippen LogP contribution in [0.5, 0.6) is 5.75 Å². The molecule has 0 unspecified atom stereocenters. The molecule has 0 fully saturated rings. The van der Waals surface area contributed by atoms with Crippen molar-refractivity contribution in [2.24, 2.45) is 5.14 Å². The molecule has 2 aromatic carbocycles. The van der Waals surface area contributed by atoms with Crippen LogP contribution in [0.4, 0.5) is 5.69 Å². The molecule has 0 atom stereocenters. The predicted molar refractivity (Wildman–Crippen MR) is 104 cm³/mol. The van der Waals surface area contributed by atoms with E-state index in [1.165, 1.54) is 25.3 Å². The second-order valence-electron chi connectivity index (χ2n) is 5.47. The minimum Gasteiger partial charge on any atom is -0.495 e. The number of amides is 2. The molecule has 0 spiro atoms. The van der Waals surface area contributed by atoms with Crippen molar-refractivity contribution in [1.29, 1.82) is 0 Å². The Morgan fingerprint density at radius 3 is 2.41 bits per heavy atom. The van der Waals surface area contributed by atoms with E-state index in [0.29, 0.717) is 5.56 Å². The summed E-state index contributed by atoms with van der Waals surface area (Å²) >= 11 is 3.29. The molecule has 10 heteroatoms. The van der Waals surface area contributed by atoms with Crippen molar-refractivity contribution in [2.75, 3.05) is 19.0 Å². The first-order valence-corrected chi connectivity index (χ1v) is 10.1. The molecule has 2 amide bonds. The van der Waals surface area contributed by atoms with E-state index in [9.17, 15) is 18.0 Å². The number of hydrogen-bond donors (Lipinski definition) is 3. The fourth-order valence-corrected chi connectivity index (χ4v) is 3.18. The molecular formula is C17H18BrN3O5S. The lowest BCUT2D eigenvalue weighted by Crippen LogP contribution is -2.27. The van der Waals surface area contributed by atoms with Crippen molar-refractivity contribution in [2.45, 2.75) is 11.3 Å². The molecule has 27 heavy (non-hydrogen) atoms. The topological polar surface area (TPSA) is 128 Å². The molecule has 0 aliphatic rings. The summed E-state index contributed by atoms with van der Waals surface area (Å²) in [6.45, 7) is 0.124. The van der Waals surface area contributed by atoms with E-state index in [1.54, 1.807) is 24.3 Å². The highest BCUT2D eigenvalue weighted by Crippen LogP contribution is 2.26. The van der Waals surface area contributed by atoms with Crippen LogP contribution in [-0.4, -0.2) is 33.9 Å². The average Bonchev–Trinajstić information content (AvgIpc) is 2.61. The highest BCUT2D eigenvalue weighted by atomic mass is 79.9. The van der Waals surface area contributed by atoms with Crippen molar-refractivity contribution in [3.8, 4) is 5.75 Å². The van der Waals surface area contributed by atoms with E-state index < -0.39 is 15.9 Å². The first kappa shape index (κ1) is 20.9. The number of methoxy groups -OCH3 is 1. The summed E-state index contributed by atoms with van der Waals surface area (Å²) in [6.07, 6.45) is 0.0129. The van der Waals surface area contributed by atoms with E-state index in [0.717, 1.165) is 4.47 Å². The Bertz CT molecular complexity index is 946. The van der Waals surface area contributed by atoms with E-state index in [1.807, 2.05) is 0 Å². The zero-order valence-electron chi connectivity index (χ0n) is 14.4. The molecule has 2 rings (SSSR count). The lowest BCUT2D eigenvalue weighted by molar-refractivity contribution is -0.116. The van der Waals surface area contributed by atoms with Crippen molar-refractivity contribution in [3.63, 3.8) is 0 Å². The van der Waals surface area contributed by atoms with Crippen LogP contribution in [0.2, 0.25) is 0 Å². The number of nitrogens with two attached hydrogens (primary N) is 1. The largest absolute Gasteiger partial charge is 0.495 e. The minimum absolute atomic E-state index is 0.0129. The number of hydrogen-bond acceptors (Lipinski definition) is 5. The normalized spacial score (nSPS) is 10.9. The number of benzene rings is 2. The van der Waals surface area contributed by atoms with Crippen LogP contribution in [0.3, 0.4) is 0 Å². The molecule has 2 aromatic rings. The molecule has 4 N–H and O–H groups in total. The van der Waals surface area contributed by atoms with E-state index in [4.69, 9.17) is 9.88 Å². The van der Waals surface area contributed by atoms with Crippen LogP contribution < -0.4 is 20.5 Å². The fourth-order valence-electron chi connectivity index (χ4n) is 2.19. The molecule has 0 saturated carbocycles. The number of anilines is 1. The molecule has 0 heterocycles. The summed E-state index contributed by atoms with van der Waals surface area (Å²) in [5.74, 6) is -0.606. The fraction of sp³-hybridized carbons (Fsp3) is 0.176. The molecule has 8 nitrogen and oxygen atoms in total.